The summed E-state index contributed by atoms with van der Waals surface area (Å²) in [5.74, 6) is 0. The van der Waals surface area contributed by atoms with Gasteiger partial charge < -0.3 is 66.9 Å². The monoisotopic (exact) mass is 882 g/mol. The zero-order valence-electron chi connectivity index (χ0n) is 39.2. The van der Waals surface area contributed by atoms with Gasteiger partial charge in [0.05, 0.1) is 165 Å². The maximum Gasteiger partial charge on any atom is 0.0704 e. The molecule has 1 heterocycles. The number of rotatable bonds is 54. The fraction of sp³-hybridized carbons (Fsp3) is 1.00. The highest BCUT2D eigenvalue weighted by atomic mass is 16.6. The van der Waals surface area contributed by atoms with Crippen LogP contribution in [-0.4, -0.2) is 184 Å². The molecular formula is C47H95NO13. The van der Waals surface area contributed by atoms with E-state index in [-0.39, 0.29) is 0 Å². The third-order valence-electron chi connectivity index (χ3n) is 10.1. The predicted molar refractivity (Wildman–Crippen MR) is 241 cm³/mol. The second kappa shape index (κ2) is 53.8. The van der Waals surface area contributed by atoms with E-state index in [9.17, 15) is 0 Å². The molecule has 0 saturated carbocycles. The zero-order valence-corrected chi connectivity index (χ0v) is 39.2. The Balaban J connectivity index is 1.58. The first-order chi connectivity index (χ1) is 30.4. The van der Waals surface area contributed by atoms with Crippen molar-refractivity contribution in [2.24, 2.45) is 0 Å². The van der Waals surface area contributed by atoms with E-state index in [0.29, 0.717) is 165 Å². The van der Waals surface area contributed by atoms with Gasteiger partial charge in [0.1, 0.15) is 0 Å². The second-order valence-electron chi connectivity index (χ2n) is 15.5. The summed E-state index contributed by atoms with van der Waals surface area (Å²) in [6.45, 7) is 18.4. The number of ether oxygens (including phenoxy) is 13. The number of unbranched alkanes of at least 4 members (excludes halogenated alkanes) is 15. The average Bonchev–Trinajstić information content (AvgIpc) is 3.28. The number of hydrogen-bond acceptors (Lipinski definition) is 14. The molecule has 1 aliphatic heterocycles. The van der Waals surface area contributed by atoms with E-state index in [1.807, 2.05) is 0 Å². The Hall–Kier alpha value is -0.560. The summed E-state index contributed by atoms with van der Waals surface area (Å²) in [7, 11) is 0. The molecule has 0 aromatic rings. The summed E-state index contributed by atoms with van der Waals surface area (Å²) in [6.07, 6.45) is 24.7. The van der Waals surface area contributed by atoms with Crippen molar-refractivity contribution in [1.29, 1.82) is 0 Å². The fourth-order valence-electron chi connectivity index (χ4n) is 6.51. The van der Waals surface area contributed by atoms with Gasteiger partial charge in [0.25, 0.3) is 0 Å². The molecule has 14 heteroatoms. The van der Waals surface area contributed by atoms with Crippen molar-refractivity contribution in [2.75, 3.05) is 178 Å². The van der Waals surface area contributed by atoms with Gasteiger partial charge >= 0.3 is 0 Å². The molecule has 0 atom stereocenters. The van der Waals surface area contributed by atoms with E-state index < -0.39 is 0 Å². The van der Waals surface area contributed by atoms with Crippen molar-refractivity contribution in [1.82, 2.24) is 5.32 Å². The molecule has 1 saturated heterocycles. The quantitative estimate of drug-likeness (QED) is 0.0617. The Labute approximate surface area is 373 Å². The molecule has 0 aliphatic carbocycles. The second-order valence-corrected chi connectivity index (χ2v) is 15.5. The standard InChI is InChI=1S/C47H95NO13/c1-2-3-4-5-6-7-8-9-10-11-12-13-14-15-16-17-22-49-23-24-50-25-26-51-27-28-52-29-30-53-31-32-54-33-34-55-35-36-56-37-38-57-39-40-58-41-42-59-43-44-60-45-46-61-47-18-20-48-21-19-47/h47-48H,2-46H2,1H3. The Kier molecular flexibility index (Phi) is 51.5. The minimum absolute atomic E-state index is 0.371. The van der Waals surface area contributed by atoms with Crippen LogP contribution in [0, 0.1) is 0 Å². The molecule has 0 spiro atoms. The van der Waals surface area contributed by atoms with Crippen LogP contribution in [0.1, 0.15) is 122 Å². The van der Waals surface area contributed by atoms with E-state index in [1.54, 1.807) is 0 Å². The van der Waals surface area contributed by atoms with Gasteiger partial charge in [0.2, 0.25) is 0 Å². The highest BCUT2D eigenvalue weighted by Gasteiger charge is 2.12. The van der Waals surface area contributed by atoms with Crippen LogP contribution in [0.25, 0.3) is 0 Å². The van der Waals surface area contributed by atoms with E-state index in [1.165, 1.54) is 96.3 Å². The Morgan fingerprint density at radius 2 is 0.475 bits per heavy atom. The molecule has 0 amide bonds. The zero-order chi connectivity index (χ0) is 43.3. The van der Waals surface area contributed by atoms with Gasteiger partial charge in [-0.05, 0) is 32.4 Å². The minimum Gasteiger partial charge on any atom is -0.379 e. The minimum atomic E-state index is 0.371. The van der Waals surface area contributed by atoms with Crippen LogP contribution < -0.4 is 5.32 Å². The molecule has 366 valence electrons. The summed E-state index contributed by atoms with van der Waals surface area (Å²) in [6, 6.07) is 0. The highest BCUT2D eigenvalue weighted by Crippen LogP contribution is 2.14. The fourth-order valence-corrected chi connectivity index (χ4v) is 6.51. The summed E-state index contributed by atoms with van der Waals surface area (Å²) in [5, 5.41) is 3.33. The van der Waals surface area contributed by atoms with Crippen molar-refractivity contribution >= 4 is 0 Å². The molecule has 0 aromatic carbocycles. The van der Waals surface area contributed by atoms with Crippen LogP contribution >= 0.6 is 0 Å². The molecule has 0 radical (unpaired) electrons. The molecule has 0 aromatic heterocycles. The van der Waals surface area contributed by atoms with Crippen LogP contribution in [0.3, 0.4) is 0 Å². The van der Waals surface area contributed by atoms with Crippen LogP contribution in [0.2, 0.25) is 0 Å². The van der Waals surface area contributed by atoms with Gasteiger partial charge in [-0.3, -0.25) is 0 Å². The molecule has 0 unspecified atom stereocenters. The Morgan fingerprint density at radius 1 is 0.262 bits per heavy atom. The van der Waals surface area contributed by atoms with Gasteiger partial charge in [0, 0.05) is 6.61 Å². The lowest BCUT2D eigenvalue weighted by Gasteiger charge is -2.22. The van der Waals surface area contributed by atoms with Crippen molar-refractivity contribution < 1.29 is 61.6 Å². The Morgan fingerprint density at radius 3 is 0.738 bits per heavy atom. The number of piperidine rings is 1. The smallest absolute Gasteiger partial charge is 0.0704 e. The van der Waals surface area contributed by atoms with Crippen molar-refractivity contribution in [2.45, 2.75) is 129 Å². The highest BCUT2D eigenvalue weighted by molar-refractivity contribution is 4.67. The van der Waals surface area contributed by atoms with Gasteiger partial charge in [-0.15, -0.1) is 0 Å². The summed E-state index contributed by atoms with van der Waals surface area (Å²) in [4.78, 5) is 0. The maximum atomic E-state index is 5.80. The van der Waals surface area contributed by atoms with Gasteiger partial charge in [-0.25, -0.2) is 0 Å². The first-order valence-corrected chi connectivity index (χ1v) is 24.7. The molecule has 0 bridgehead atoms. The molecule has 1 aliphatic rings. The van der Waals surface area contributed by atoms with Gasteiger partial charge in [-0.1, -0.05) is 103 Å². The first kappa shape index (κ1) is 58.5. The van der Waals surface area contributed by atoms with Crippen molar-refractivity contribution in [3.8, 4) is 0 Å². The lowest BCUT2D eigenvalue weighted by Crippen LogP contribution is -2.33. The lowest BCUT2D eigenvalue weighted by atomic mass is 10.0. The summed E-state index contributed by atoms with van der Waals surface area (Å²) in [5.41, 5.74) is 0. The van der Waals surface area contributed by atoms with Crippen LogP contribution in [0.4, 0.5) is 0 Å². The van der Waals surface area contributed by atoms with Crippen LogP contribution in [0.5, 0.6) is 0 Å². The third kappa shape index (κ3) is 50.3. The summed E-state index contributed by atoms with van der Waals surface area (Å²) >= 11 is 0. The number of hydrogen-bond donors (Lipinski definition) is 1. The maximum absolute atomic E-state index is 5.80. The van der Waals surface area contributed by atoms with Gasteiger partial charge in [-0.2, -0.15) is 0 Å². The van der Waals surface area contributed by atoms with Crippen molar-refractivity contribution in [3.63, 3.8) is 0 Å². The molecule has 1 rings (SSSR count). The van der Waals surface area contributed by atoms with E-state index in [2.05, 4.69) is 12.2 Å². The van der Waals surface area contributed by atoms with Gasteiger partial charge in [0.15, 0.2) is 0 Å². The molecule has 61 heavy (non-hydrogen) atoms. The van der Waals surface area contributed by atoms with Crippen LogP contribution in [0.15, 0.2) is 0 Å². The van der Waals surface area contributed by atoms with E-state index >= 15 is 0 Å². The average molecular weight is 882 g/mol. The number of nitrogens with one attached hydrogen (secondary N) is 1. The molecular weight excluding hydrogens is 787 g/mol. The molecule has 14 nitrogen and oxygen atoms in total. The topological polar surface area (TPSA) is 132 Å². The largest absolute Gasteiger partial charge is 0.379 e. The van der Waals surface area contributed by atoms with E-state index in [0.717, 1.165) is 39.0 Å². The Bertz CT molecular complexity index is 785. The lowest BCUT2D eigenvalue weighted by molar-refractivity contribution is -0.0327. The van der Waals surface area contributed by atoms with E-state index in [4.69, 9.17) is 61.6 Å². The SMILES string of the molecule is CCCCCCCCCCCCCCCCCCOCCOCCOCCOCCOCCOCCOCCOCCOCCOCCOCCOCCOC1CCNCC1. The summed E-state index contributed by atoms with van der Waals surface area (Å²) < 4.78 is 72.4. The normalized spacial score (nSPS) is 13.5. The van der Waals surface area contributed by atoms with Crippen molar-refractivity contribution in [3.05, 3.63) is 0 Å². The third-order valence-corrected chi connectivity index (χ3v) is 10.1. The molecule has 1 fully saturated rings. The predicted octanol–water partition coefficient (Wildman–Crippen LogP) is 7.22. The first-order valence-electron chi connectivity index (χ1n) is 24.7. The molecule has 1 N–H and O–H groups in total. The van der Waals surface area contributed by atoms with Crippen LogP contribution in [-0.2, 0) is 61.6 Å².